The van der Waals surface area contributed by atoms with Crippen LogP contribution in [-0.4, -0.2) is 55.1 Å². The summed E-state index contributed by atoms with van der Waals surface area (Å²) in [5.41, 5.74) is 0.0915. The number of sulfonamides is 1. The zero-order valence-electron chi connectivity index (χ0n) is 20.3. The molecule has 3 aliphatic rings. The molecule has 0 radical (unpaired) electrons. The van der Waals surface area contributed by atoms with E-state index in [0.29, 0.717) is 38.0 Å². The summed E-state index contributed by atoms with van der Waals surface area (Å²) >= 11 is 0. The van der Waals surface area contributed by atoms with Gasteiger partial charge in [0.25, 0.3) is 5.91 Å². The van der Waals surface area contributed by atoms with Crippen LogP contribution >= 0.6 is 0 Å². The van der Waals surface area contributed by atoms with Crippen molar-refractivity contribution in [3.63, 3.8) is 0 Å². The van der Waals surface area contributed by atoms with Crippen LogP contribution in [0.3, 0.4) is 0 Å². The Bertz CT molecular complexity index is 1320. The fourth-order valence-electron chi connectivity index (χ4n) is 5.11. The minimum Gasteiger partial charge on any atom is -0.348 e. The Balaban J connectivity index is 1.26. The third-order valence-electron chi connectivity index (χ3n) is 7.61. The summed E-state index contributed by atoms with van der Waals surface area (Å²) in [6, 6.07) is 9.17. The van der Waals surface area contributed by atoms with Crippen molar-refractivity contribution in [1.82, 2.24) is 14.5 Å². The number of nitrogens with zero attached hydrogens (tertiary/aromatic N) is 2. The molecule has 2 atom stereocenters. The van der Waals surface area contributed by atoms with Gasteiger partial charge in [-0.1, -0.05) is 18.2 Å². The topological polar surface area (TPSA) is 86.8 Å². The normalized spacial score (nSPS) is 21.9. The van der Waals surface area contributed by atoms with Crippen molar-refractivity contribution < 1.29 is 31.2 Å². The standard InChI is InChI=1S/C26H28F3N3O4S/c1-17(18-7-9-20(10-8-18)26(27,28)29)30-23(33)22-6-3-13-32(22)24(34)19-4-2-5-21(14-19)37(35,36)31-15-25(16-31)11-12-25/h2,4-5,7-10,14,17,22H,3,6,11-13,15-16H2,1H3,(H,30,33)/t17-,22-/m1/s1. The van der Waals surface area contributed by atoms with Crippen molar-refractivity contribution in [2.45, 2.75) is 55.8 Å². The Morgan fingerprint density at radius 1 is 1.08 bits per heavy atom. The van der Waals surface area contributed by atoms with Gasteiger partial charge in [0.05, 0.1) is 16.5 Å². The number of carbonyl (C=O) groups excluding carboxylic acids is 2. The van der Waals surface area contributed by atoms with Crippen LogP contribution in [0.4, 0.5) is 13.2 Å². The summed E-state index contributed by atoms with van der Waals surface area (Å²) in [4.78, 5) is 27.9. The first kappa shape index (κ1) is 25.7. The Morgan fingerprint density at radius 3 is 2.38 bits per heavy atom. The van der Waals surface area contributed by atoms with Gasteiger partial charge in [-0.05, 0) is 73.9 Å². The highest BCUT2D eigenvalue weighted by Gasteiger charge is 2.56. The van der Waals surface area contributed by atoms with Crippen LogP contribution in [-0.2, 0) is 21.0 Å². The number of likely N-dealkylation sites (tertiary alicyclic amines) is 1. The molecular formula is C26H28F3N3O4S. The van der Waals surface area contributed by atoms with Crippen LogP contribution in [0, 0.1) is 5.41 Å². The van der Waals surface area contributed by atoms with E-state index in [0.717, 1.165) is 25.0 Å². The highest BCUT2D eigenvalue weighted by atomic mass is 32.2. The first-order valence-corrected chi connectivity index (χ1v) is 13.7. The van der Waals surface area contributed by atoms with Crippen molar-refractivity contribution in [1.29, 1.82) is 0 Å². The maximum atomic E-state index is 13.3. The predicted molar refractivity (Wildman–Crippen MR) is 129 cm³/mol. The number of benzene rings is 2. The molecule has 0 unspecified atom stereocenters. The van der Waals surface area contributed by atoms with Gasteiger partial charge in [-0.15, -0.1) is 0 Å². The number of hydrogen-bond acceptors (Lipinski definition) is 4. The lowest BCUT2D eigenvalue weighted by atomic mass is 10.0. The smallest absolute Gasteiger partial charge is 0.348 e. The minimum absolute atomic E-state index is 0.0602. The fourth-order valence-corrected chi connectivity index (χ4v) is 6.82. The van der Waals surface area contributed by atoms with E-state index in [9.17, 15) is 31.2 Å². The summed E-state index contributed by atoms with van der Waals surface area (Å²) in [5.74, 6) is -0.837. The number of hydrogen-bond donors (Lipinski definition) is 1. The average Bonchev–Trinajstić information content (AvgIpc) is 3.51. The molecule has 11 heteroatoms. The summed E-state index contributed by atoms with van der Waals surface area (Å²) < 4.78 is 66.0. The van der Waals surface area contributed by atoms with Crippen LogP contribution < -0.4 is 5.32 Å². The lowest BCUT2D eigenvalue weighted by Crippen LogP contribution is -2.51. The van der Waals surface area contributed by atoms with Gasteiger partial charge in [0.15, 0.2) is 0 Å². The summed E-state index contributed by atoms with van der Waals surface area (Å²) in [7, 11) is -3.69. The van der Waals surface area contributed by atoms with Crippen molar-refractivity contribution in [3.05, 3.63) is 65.2 Å². The Labute approximate surface area is 213 Å². The number of carbonyl (C=O) groups is 2. The highest BCUT2D eigenvalue weighted by Crippen LogP contribution is 2.54. The molecule has 198 valence electrons. The maximum absolute atomic E-state index is 13.3. The SMILES string of the molecule is C[C@@H](NC(=O)[C@H]1CCCN1C(=O)c1cccc(S(=O)(=O)N2CC3(CC3)C2)c1)c1ccc(C(F)(F)F)cc1. The molecule has 5 rings (SSSR count). The lowest BCUT2D eigenvalue weighted by Gasteiger charge is -2.38. The molecule has 2 aromatic carbocycles. The van der Waals surface area contributed by atoms with Crippen LogP contribution in [0.25, 0.3) is 0 Å². The largest absolute Gasteiger partial charge is 0.416 e. The Morgan fingerprint density at radius 2 is 1.76 bits per heavy atom. The second kappa shape index (κ2) is 9.13. The third kappa shape index (κ3) is 4.98. The van der Waals surface area contributed by atoms with E-state index in [1.807, 2.05) is 0 Å². The molecule has 1 aliphatic carbocycles. The average molecular weight is 536 g/mol. The number of alkyl halides is 3. The van der Waals surface area contributed by atoms with E-state index < -0.39 is 45.7 Å². The van der Waals surface area contributed by atoms with Crippen LogP contribution in [0.5, 0.6) is 0 Å². The van der Waals surface area contributed by atoms with E-state index in [4.69, 9.17) is 0 Å². The number of amides is 2. The molecule has 1 saturated carbocycles. The van der Waals surface area contributed by atoms with Gasteiger partial charge < -0.3 is 10.2 Å². The van der Waals surface area contributed by atoms with Crippen LogP contribution in [0.1, 0.15) is 60.1 Å². The summed E-state index contributed by atoms with van der Waals surface area (Å²) in [6.07, 6.45) is -1.31. The van der Waals surface area contributed by atoms with Crippen LogP contribution in [0.2, 0.25) is 0 Å². The molecule has 0 aromatic heterocycles. The van der Waals surface area contributed by atoms with E-state index in [1.165, 1.54) is 45.6 Å². The zero-order chi connectivity index (χ0) is 26.6. The molecule has 7 nitrogen and oxygen atoms in total. The molecule has 3 fully saturated rings. The number of nitrogens with one attached hydrogen (secondary N) is 1. The Kier molecular flexibility index (Phi) is 6.34. The van der Waals surface area contributed by atoms with Crippen molar-refractivity contribution in [2.75, 3.05) is 19.6 Å². The lowest BCUT2D eigenvalue weighted by molar-refractivity contribution is -0.137. The maximum Gasteiger partial charge on any atom is 0.416 e. The van der Waals surface area contributed by atoms with E-state index in [2.05, 4.69) is 5.32 Å². The zero-order valence-corrected chi connectivity index (χ0v) is 21.1. The monoisotopic (exact) mass is 535 g/mol. The first-order chi connectivity index (χ1) is 17.4. The molecule has 1 spiro atoms. The second-order valence-electron chi connectivity index (χ2n) is 10.3. The van der Waals surface area contributed by atoms with E-state index in [-0.39, 0.29) is 15.9 Å². The predicted octanol–water partition coefficient (Wildman–Crippen LogP) is 3.97. The van der Waals surface area contributed by atoms with Gasteiger partial charge >= 0.3 is 6.18 Å². The van der Waals surface area contributed by atoms with Crippen molar-refractivity contribution in [3.8, 4) is 0 Å². The van der Waals surface area contributed by atoms with Crippen LogP contribution in [0.15, 0.2) is 53.4 Å². The first-order valence-electron chi connectivity index (χ1n) is 12.3. The van der Waals surface area contributed by atoms with Gasteiger partial charge in [-0.3, -0.25) is 9.59 Å². The minimum atomic E-state index is -4.44. The molecule has 2 amide bonds. The summed E-state index contributed by atoms with van der Waals surface area (Å²) in [5, 5.41) is 2.80. The Hall–Kier alpha value is -2.92. The van der Waals surface area contributed by atoms with Gasteiger partial charge in [-0.25, -0.2) is 8.42 Å². The molecule has 2 saturated heterocycles. The van der Waals surface area contributed by atoms with Crippen molar-refractivity contribution >= 4 is 21.8 Å². The quantitative estimate of drug-likeness (QED) is 0.607. The van der Waals surface area contributed by atoms with E-state index in [1.54, 1.807) is 6.92 Å². The molecule has 2 aromatic rings. The number of rotatable bonds is 6. The third-order valence-corrected chi connectivity index (χ3v) is 9.40. The molecule has 2 heterocycles. The molecule has 0 bridgehead atoms. The molecule has 37 heavy (non-hydrogen) atoms. The number of halogens is 3. The van der Waals surface area contributed by atoms with Gasteiger partial charge in [0, 0.05) is 25.2 Å². The summed E-state index contributed by atoms with van der Waals surface area (Å²) in [6.45, 7) is 3.03. The highest BCUT2D eigenvalue weighted by molar-refractivity contribution is 7.89. The molecule has 2 aliphatic heterocycles. The second-order valence-corrected chi connectivity index (χ2v) is 12.2. The van der Waals surface area contributed by atoms with Gasteiger partial charge in [0.1, 0.15) is 6.04 Å². The van der Waals surface area contributed by atoms with E-state index >= 15 is 0 Å². The van der Waals surface area contributed by atoms with Gasteiger partial charge in [0.2, 0.25) is 15.9 Å². The van der Waals surface area contributed by atoms with Crippen molar-refractivity contribution in [2.24, 2.45) is 5.41 Å². The molecular weight excluding hydrogens is 507 g/mol. The molecule has 1 N–H and O–H groups in total. The fraction of sp³-hybridized carbons (Fsp3) is 0.462. The van der Waals surface area contributed by atoms with Gasteiger partial charge in [-0.2, -0.15) is 17.5 Å².